The third-order valence-electron chi connectivity index (χ3n) is 0.915. The minimum atomic E-state index is -0.593. The molecule has 0 aliphatic heterocycles. The van der Waals surface area contributed by atoms with Crippen molar-refractivity contribution < 1.29 is 10.3 Å². The van der Waals surface area contributed by atoms with E-state index in [1.54, 1.807) is 0 Å². The van der Waals surface area contributed by atoms with Crippen LogP contribution in [0.25, 0.3) is 0 Å². The van der Waals surface area contributed by atoms with E-state index in [0.29, 0.717) is 0 Å². The van der Waals surface area contributed by atoms with Crippen molar-refractivity contribution in [3.63, 3.8) is 0 Å². The van der Waals surface area contributed by atoms with Crippen molar-refractivity contribution in [1.82, 2.24) is 10.2 Å². The molecule has 0 saturated carbocycles. The van der Waals surface area contributed by atoms with Gasteiger partial charge in [0.25, 0.3) is 5.91 Å². The Bertz CT molecular complexity index is 236. The van der Waals surface area contributed by atoms with Gasteiger partial charge in [0, 0.05) is 0 Å². The highest BCUT2D eigenvalue weighted by Gasteiger charge is 2.04. The fourth-order valence-electron chi connectivity index (χ4n) is 0.493. The van der Waals surface area contributed by atoms with E-state index in [0.717, 1.165) is 0 Å². The molecule has 7 heteroatoms. The molecule has 0 unspecified atom stereocenters. The van der Waals surface area contributed by atoms with E-state index in [9.17, 15) is 4.79 Å². The van der Waals surface area contributed by atoms with Crippen LogP contribution in [-0.2, 0) is 0 Å². The Hall–Kier alpha value is -1.27. The van der Waals surface area contributed by atoms with Crippen molar-refractivity contribution in [2.45, 2.75) is 0 Å². The molecule has 0 aliphatic rings. The first-order valence-electron chi connectivity index (χ1n) is 2.30. The standard InChI is InChI=1S/C4H6N4O.ClH.H2O/c5-2-1-7-8-3(2)4(6)9;;/h1H,5H2,(H2,6,9)(H,7,8);1H;1H2. The molecule has 1 aromatic heterocycles. The summed E-state index contributed by atoms with van der Waals surface area (Å²) in [6.07, 6.45) is 1.33. The second-order valence-electron chi connectivity index (χ2n) is 1.56. The number of carbonyl (C=O) groups excluding carboxylic acids is 1. The lowest BCUT2D eigenvalue weighted by atomic mass is 10.4. The van der Waals surface area contributed by atoms with E-state index in [-0.39, 0.29) is 29.3 Å². The molecular weight excluding hydrogens is 172 g/mol. The van der Waals surface area contributed by atoms with Gasteiger partial charge in [0.2, 0.25) is 0 Å². The van der Waals surface area contributed by atoms with E-state index < -0.39 is 5.91 Å². The van der Waals surface area contributed by atoms with Crippen LogP contribution in [0.4, 0.5) is 5.69 Å². The third-order valence-corrected chi connectivity index (χ3v) is 0.915. The Morgan fingerprint density at radius 2 is 2.18 bits per heavy atom. The number of rotatable bonds is 1. The van der Waals surface area contributed by atoms with E-state index >= 15 is 0 Å². The topological polar surface area (TPSA) is 129 Å². The Kier molecular flexibility index (Phi) is 5.11. The van der Waals surface area contributed by atoms with Gasteiger partial charge in [0.15, 0.2) is 0 Å². The number of hydrogen-bond acceptors (Lipinski definition) is 3. The third kappa shape index (κ3) is 2.44. The molecule has 64 valence electrons. The number of nitrogens with one attached hydrogen (secondary N) is 1. The fourth-order valence-corrected chi connectivity index (χ4v) is 0.493. The first-order chi connectivity index (χ1) is 4.22. The van der Waals surface area contributed by atoms with Crippen LogP contribution in [-0.4, -0.2) is 21.6 Å². The van der Waals surface area contributed by atoms with Crippen molar-refractivity contribution in [2.75, 3.05) is 5.73 Å². The number of nitrogen functional groups attached to an aromatic ring is 1. The molecular formula is C4H9ClN4O2. The van der Waals surface area contributed by atoms with Crippen LogP contribution in [0.5, 0.6) is 0 Å². The van der Waals surface area contributed by atoms with Gasteiger partial charge in [0.05, 0.1) is 11.9 Å². The quantitative estimate of drug-likeness (QED) is 0.496. The molecule has 0 bridgehead atoms. The molecule has 1 rings (SSSR count). The van der Waals surface area contributed by atoms with Crippen molar-refractivity contribution in [3.05, 3.63) is 11.9 Å². The predicted molar refractivity (Wildman–Crippen MR) is 42.4 cm³/mol. The van der Waals surface area contributed by atoms with E-state index in [4.69, 9.17) is 11.5 Å². The number of nitrogens with zero attached hydrogens (tertiary/aromatic N) is 1. The summed E-state index contributed by atoms with van der Waals surface area (Å²) in [6, 6.07) is 0. The molecule has 0 aromatic carbocycles. The number of aromatic amines is 1. The van der Waals surface area contributed by atoms with Gasteiger partial charge < -0.3 is 16.9 Å². The van der Waals surface area contributed by atoms with Gasteiger partial charge in [-0.2, -0.15) is 5.10 Å². The zero-order valence-electron chi connectivity index (χ0n) is 5.50. The Labute approximate surface area is 68.7 Å². The highest BCUT2D eigenvalue weighted by molar-refractivity contribution is 5.95. The molecule has 1 aromatic rings. The Morgan fingerprint density at radius 1 is 1.64 bits per heavy atom. The molecule has 0 atom stereocenters. The number of primary amides is 1. The SMILES string of the molecule is Cl.NC(=O)c1[nH]ncc1N.O. The number of anilines is 1. The number of carbonyl (C=O) groups is 1. The molecule has 0 saturated heterocycles. The van der Waals surface area contributed by atoms with Crippen LogP contribution in [0.2, 0.25) is 0 Å². The molecule has 0 aliphatic carbocycles. The van der Waals surface area contributed by atoms with Crippen LogP contribution in [0.15, 0.2) is 6.20 Å². The minimum Gasteiger partial charge on any atom is -0.412 e. The summed E-state index contributed by atoms with van der Waals surface area (Å²) >= 11 is 0. The summed E-state index contributed by atoms with van der Waals surface area (Å²) in [4.78, 5) is 10.4. The van der Waals surface area contributed by atoms with Crippen LogP contribution < -0.4 is 11.5 Å². The summed E-state index contributed by atoms with van der Waals surface area (Å²) in [5, 5.41) is 5.85. The second-order valence-corrected chi connectivity index (χ2v) is 1.56. The zero-order chi connectivity index (χ0) is 6.85. The maximum absolute atomic E-state index is 10.4. The smallest absolute Gasteiger partial charge is 0.268 e. The van der Waals surface area contributed by atoms with E-state index in [1.165, 1.54) is 6.20 Å². The maximum atomic E-state index is 10.4. The van der Waals surface area contributed by atoms with Crippen molar-refractivity contribution in [1.29, 1.82) is 0 Å². The van der Waals surface area contributed by atoms with Crippen LogP contribution in [0, 0.1) is 0 Å². The molecule has 6 nitrogen and oxygen atoms in total. The van der Waals surface area contributed by atoms with Crippen LogP contribution in [0.3, 0.4) is 0 Å². The van der Waals surface area contributed by atoms with Crippen molar-refractivity contribution in [2.24, 2.45) is 5.73 Å². The van der Waals surface area contributed by atoms with Gasteiger partial charge in [-0.3, -0.25) is 9.89 Å². The largest absolute Gasteiger partial charge is 0.412 e. The average Bonchev–Trinajstić information content (AvgIpc) is 2.13. The van der Waals surface area contributed by atoms with Gasteiger partial charge >= 0.3 is 0 Å². The molecule has 0 radical (unpaired) electrons. The minimum absolute atomic E-state index is 0. The van der Waals surface area contributed by atoms with Crippen molar-refractivity contribution >= 4 is 24.0 Å². The average molecular weight is 181 g/mol. The number of halogens is 1. The number of amides is 1. The number of nitrogens with two attached hydrogens (primary N) is 2. The second kappa shape index (κ2) is 4.53. The summed E-state index contributed by atoms with van der Waals surface area (Å²) < 4.78 is 0. The van der Waals surface area contributed by atoms with E-state index in [2.05, 4.69) is 10.2 Å². The molecule has 11 heavy (non-hydrogen) atoms. The maximum Gasteiger partial charge on any atom is 0.268 e. The van der Waals surface area contributed by atoms with Crippen LogP contribution >= 0.6 is 12.4 Å². The number of hydrogen-bond donors (Lipinski definition) is 3. The lowest BCUT2D eigenvalue weighted by Gasteiger charge is -1.87. The normalized spacial score (nSPS) is 7.64. The highest BCUT2D eigenvalue weighted by atomic mass is 35.5. The highest BCUT2D eigenvalue weighted by Crippen LogP contribution is 2.02. The summed E-state index contributed by atoms with van der Waals surface area (Å²) in [5.41, 5.74) is 10.6. The first-order valence-corrected chi connectivity index (χ1v) is 2.30. The number of aromatic nitrogens is 2. The predicted octanol–water partition coefficient (Wildman–Crippen LogP) is -1.31. The van der Waals surface area contributed by atoms with E-state index in [1.807, 2.05) is 0 Å². The van der Waals surface area contributed by atoms with Gasteiger partial charge in [-0.1, -0.05) is 0 Å². The molecule has 0 fully saturated rings. The van der Waals surface area contributed by atoms with Gasteiger partial charge in [-0.25, -0.2) is 0 Å². The zero-order valence-corrected chi connectivity index (χ0v) is 6.31. The summed E-state index contributed by atoms with van der Waals surface area (Å²) in [7, 11) is 0. The van der Waals surface area contributed by atoms with Crippen molar-refractivity contribution in [3.8, 4) is 0 Å². The van der Waals surface area contributed by atoms with Gasteiger partial charge in [-0.05, 0) is 0 Å². The Balaban J connectivity index is 0. The lowest BCUT2D eigenvalue weighted by molar-refractivity contribution is 0.0996. The summed E-state index contributed by atoms with van der Waals surface area (Å²) in [6.45, 7) is 0. The molecule has 1 amide bonds. The lowest BCUT2D eigenvalue weighted by Crippen LogP contribution is -2.13. The number of H-pyrrole nitrogens is 1. The molecule has 1 heterocycles. The molecule has 0 spiro atoms. The Morgan fingerprint density at radius 3 is 2.36 bits per heavy atom. The first kappa shape index (κ1) is 12.4. The summed E-state index contributed by atoms with van der Waals surface area (Å²) in [5.74, 6) is -0.593. The van der Waals surface area contributed by atoms with Gasteiger partial charge in [-0.15, -0.1) is 12.4 Å². The monoisotopic (exact) mass is 180 g/mol. The van der Waals surface area contributed by atoms with Crippen LogP contribution in [0.1, 0.15) is 10.5 Å². The van der Waals surface area contributed by atoms with Gasteiger partial charge in [0.1, 0.15) is 5.69 Å². The fraction of sp³-hybridized carbons (Fsp3) is 0. The molecule has 7 N–H and O–H groups in total.